The van der Waals surface area contributed by atoms with E-state index in [9.17, 15) is 12.8 Å². The molecular formula is C20H25FN2O3S. The lowest BCUT2D eigenvalue weighted by molar-refractivity contribution is 0.240. The highest BCUT2D eigenvalue weighted by molar-refractivity contribution is 7.88. The summed E-state index contributed by atoms with van der Waals surface area (Å²) in [6.45, 7) is 2.13. The fourth-order valence-electron chi connectivity index (χ4n) is 3.49. The van der Waals surface area contributed by atoms with Crippen LogP contribution in [0.15, 0.2) is 48.5 Å². The molecule has 1 aliphatic heterocycles. The summed E-state index contributed by atoms with van der Waals surface area (Å²) in [6.07, 6.45) is 2.21. The van der Waals surface area contributed by atoms with Crippen molar-refractivity contribution in [2.75, 3.05) is 26.7 Å². The van der Waals surface area contributed by atoms with Crippen LogP contribution in [-0.4, -0.2) is 40.1 Å². The highest BCUT2D eigenvalue weighted by Gasteiger charge is 2.27. The van der Waals surface area contributed by atoms with Gasteiger partial charge in [0.05, 0.1) is 18.9 Å². The molecule has 2 aromatic rings. The number of methoxy groups -OCH3 is 1. The van der Waals surface area contributed by atoms with Gasteiger partial charge in [0.15, 0.2) is 0 Å². The van der Waals surface area contributed by atoms with E-state index in [1.807, 2.05) is 24.3 Å². The molecule has 1 unspecified atom stereocenters. The topological polar surface area (TPSA) is 58.6 Å². The Hall–Kier alpha value is -1.96. The molecule has 1 fully saturated rings. The highest BCUT2D eigenvalue weighted by atomic mass is 32.2. The van der Waals surface area contributed by atoms with E-state index in [0.29, 0.717) is 5.56 Å². The van der Waals surface area contributed by atoms with Crippen LogP contribution in [0.1, 0.15) is 30.0 Å². The van der Waals surface area contributed by atoms with Crippen LogP contribution in [-0.2, 0) is 15.8 Å². The normalized spacial score (nSPS) is 16.4. The van der Waals surface area contributed by atoms with Crippen LogP contribution < -0.4 is 9.46 Å². The number of sulfonamides is 1. The van der Waals surface area contributed by atoms with E-state index in [-0.39, 0.29) is 24.2 Å². The van der Waals surface area contributed by atoms with Crippen LogP contribution in [0.5, 0.6) is 5.75 Å². The minimum Gasteiger partial charge on any atom is -0.496 e. The average Bonchev–Trinajstić information content (AvgIpc) is 3.18. The standard InChI is InChI=1S/C20H25FN2O3S/c1-26-20-7-3-2-6-18(20)19(23-12-4-5-13-23)14-22-27(24,25)15-16-8-10-17(21)11-9-16/h2-3,6-11,19,22H,4-5,12-15H2,1H3. The molecule has 1 aliphatic rings. The first-order chi connectivity index (χ1) is 13.0. The lowest BCUT2D eigenvalue weighted by atomic mass is 10.0. The molecule has 0 saturated carbocycles. The number of ether oxygens (including phenoxy) is 1. The van der Waals surface area contributed by atoms with Crippen molar-refractivity contribution in [2.45, 2.75) is 24.6 Å². The third kappa shape index (κ3) is 5.28. The lowest BCUT2D eigenvalue weighted by Crippen LogP contribution is -2.37. The maximum atomic E-state index is 13.0. The van der Waals surface area contributed by atoms with Gasteiger partial charge in [-0.1, -0.05) is 30.3 Å². The Morgan fingerprint density at radius 3 is 2.44 bits per heavy atom. The first kappa shape index (κ1) is 19.8. The highest BCUT2D eigenvalue weighted by Crippen LogP contribution is 2.31. The first-order valence-corrected chi connectivity index (χ1v) is 10.7. The molecule has 7 heteroatoms. The van der Waals surface area contributed by atoms with Gasteiger partial charge in [-0.05, 0) is 49.7 Å². The minimum atomic E-state index is -3.54. The Bertz CT molecular complexity index is 850. The van der Waals surface area contributed by atoms with Gasteiger partial charge in [0.1, 0.15) is 11.6 Å². The fourth-order valence-corrected chi connectivity index (χ4v) is 4.63. The maximum absolute atomic E-state index is 13.0. The van der Waals surface area contributed by atoms with Crippen molar-refractivity contribution in [2.24, 2.45) is 0 Å². The summed E-state index contributed by atoms with van der Waals surface area (Å²) in [7, 11) is -1.92. The van der Waals surface area contributed by atoms with Gasteiger partial charge < -0.3 is 4.74 Å². The number of likely N-dealkylation sites (tertiary alicyclic amines) is 1. The SMILES string of the molecule is COc1ccccc1C(CNS(=O)(=O)Cc1ccc(F)cc1)N1CCCC1. The molecule has 0 aromatic heterocycles. The largest absolute Gasteiger partial charge is 0.496 e. The van der Waals surface area contributed by atoms with Crippen molar-refractivity contribution < 1.29 is 17.5 Å². The van der Waals surface area contributed by atoms with Crippen LogP contribution in [0.2, 0.25) is 0 Å². The zero-order valence-corrected chi connectivity index (χ0v) is 16.2. The monoisotopic (exact) mass is 392 g/mol. The average molecular weight is 392 g/mol. The molecule has 1 atom stereocenters. The number of para-hydroxylation sites is 1. The van der Waals surface area contributed by atoms with E-state index in [4.69, 9.17) is 4.74 Å². The Morgan fingerprint density at radius 1 is 1.11 bits per heavy atom. The van der Waals surface area contributed by atoms with Gasteiger partial charge in [0.25, 0.3) is 0 Å². The molecule has 27 heavy (non-hydrogen) atoms. The molecule has 3 rings (SSSR count). The number of nitrogens with one attached hydrogen (secondary N) is 1. The summed E-state index contributed by atoms with van der Waals surface area (Å²) < 4.78 is 46.3. The zero-order chi connectivity index (χ0) is 19.3. The van der Waals surface area contributed by atoms with Gasteiger partial charge >= 0.3 is 0 Å². The molecule has 0 spiro atoms. The molecule has 0 radical (unpaired) electrons. The summed E-state index contributed by atoms with van der Waals surface area (Å²) in [4.78, 5) is 2.29. The summed E-state index contributed by atoms with van der Waals surface area (Å²) in [5.74, 6) is 0.202. The van der Waals surface area contributed by atoms with Crippen LogP contribution in [0.25, 0.3) is 0 Å². The van der Waals surface area contributed by atoms with Crippen molar-refractivity contribution in [1.29, 1.82) is 0 Å². The van der Waals surface area contributed by atoms with Crippen molar-refractivity contribution in [1.82, 2.24) is 9.62 Å². The quantitative estimate of drug-likeness (QED) is 0.750. The number of hydrogen-bond donors (Lipinski definition) is 1. The third-order valence-corrected chi connectivity index (χ3v) is 6.17. The summed E-state index contributed by atoms with van der Waals surface area (Å²) in [6, 6.07) is 13.2. The molecule has 1 N–H and O–H groups in total. The van der Waals surface area contributed by atoms with E-state index in [1.54, 1.807) is 7.11 Å². The van der Waals surface area contributed by atoms with Crippen molar-refractivity contribution in [3.8, 4) is 5.75 Å². The third-order valence-electron chi connectivity index (χ3n) is 4.85. The molecular weight excluding hydrogens is 367 g/mol. The molecule has 0 amide bonds. The molecule has 146 valence electrons. The van der Waals surface area contributed by atoms with E-state index >= 15 is 0 Å². The van der Waals surface area contributed by atoms with Gasteiger partial charge in [-0.3, -0.25) is 4.90 Å². The second-order valence-electron chi connectivity index (χ2n) is 6.73. The summed E-state index contributed by atoms with van der Waals surface area (Å²) >= 11 is 0. The van der Waals surface area contributed by atoms with Crippen LogP contribution in [0.4, 0.5) is 4.39 Å². The zero-order valence-electron chi connectivity index (χ0n) is 15.4. The number of rotatable bonds is 8. The van der Waals surface area contributed by atoms with Gasteiger partial charge in [-0.25, -0.2) is 17.5 Å². The molecule has 0 bridgehead atoms. The summed E-state index contributed by atoms with van der Waals surface area (Å²) in [5, 5.41) is 0. The Labute approximate surface area is 160 Å². The number of hydrogen-bond acceptors (Lipinski definition) is 4. The molecule has 2 aromatic carbocycles. The fraction of sp³-hybridized carbons (Fsp3) is 0.400. The molecule has 5 nitrogen and oxygen atoms in total. The number of nitrogens with zero attached hydrogens (tertiary/aromatic N) is 1. The van der Waals surface area contributed by atoms with E-state index in [1.165, 1.54) is 24.3 Å². The van der Waals surface area contributed by atoms with E-state index in [2.05, 4.69) is 9.62 Å². The Morgan fingerprint density at radius 2 is 1.78 bits per heavy atom. The summed E-state index contributed by atoms with van der Waals surface area (Å²) in [5.41, 5.74) is 1.53. The van der Waals surface area contributed by atoms with Crippen molar-refractivity contribution >= 4 is 10.0 Å². The Kier molecular flexibility index (Phi) is 6.46. The first-order valence-electron chi connectivity index (χ1n) is 9.07. The predicted molar refractivity (Wildman–Crippen MR) is 104 cm³/mol. The van der Waals surface area contributed by atoms with E-state index in [0.717, 1.165) is 37.2 Å². The van der Waals surface area contributed by atoms with Crippen LogP contribution >= 0.6 is 0 Å². The molecule has 1 saturated heterocycles. The number of benzene rings is 2. The second-order valence-corrected chi connectivity index (χ2v) is 8.54. The predicted octanol–water partition coefficient (Wildman–Crippen LogP) is 3.09. The molecule has 1 heterocycles. The minimum absolute atomic E-state index is 0.0911. The van der Waals surface area contributed by atoms with Crippen LogP contribution in [0, 0.1) is 5.82 Å². The van der Waals surface area contributed by atoms with Gasteiger partial charge in [-0.15, -0.1) is 0 Å². The van der Waals surface area contributed by atoms with Crippen molar-refractivity contribution in [3.63, 3.8) is 0 Å². The maximum Gasteiger partial charge on any atom is 0.215 e. The van der Waals surface area contributed by atoms with Gasteiger partial charge in [0.2, 0.25) is 10.0 Å². The number of halogens is 1. The second kappa shape index (κ2) is 8.82. The van der Waals surface area contributed by atoms with Gasteiger partial charge in [0, 0.05) is 12.1 Å². The Balaban J connectivity index is 1.75. The molecule has 0 aliphatic carbocycles. The van der Waals surface area contributed by atoms with Crippen LogP contribution in [0.3, 0.4) is 0 Å². The lowest BCUT2D eigenvalue weighted by Gasteiger charge is -2.29. The smallest absolute Gasteiger partial charge is 0.215 e. The van der Waals surface area contributed by atoms with Crippen molar-refractivity contribution in [3.05, 3.63) is 65.5 Å². The van der Waals surface area contributed by atoms with E-state index < -0.39 is 10.0 Å². The van der Waals surface area contributed by atoms with Gasteiger partial charge in [-0.2, -0.15) is 0 Å².